The fourth-order valence-corrected chi connectivity index (χ4v) is 3.04. The van der Waals surface area contributed by atoms with Gasteiger partial charge in [-0.3, -0.25) is 19.7 Å². The lowest BCUT2D eigenvalue weighted by Crippen LogP contribution is -2.34. The number of nitro groups is 1. The monoisotopic (exact) mass is 368 g/mol. The first-order valence-corrected chi connectivity index (χ1v) is 8.66. The van der Waals surface area contributed by atoms with E-state index < -0.39 is 10.8 Å². The van der Waals surface area contributed by atoms with Gasteiger partial charge in [0.25, 0.3) is 11.6 Å². The van der Waals surface area contributed by atoms with Gasteiger partial charge >= 0.3 is 0 Å². The van der Waals surface area contributed by atoms with E-state index in [1.54, 1.807) is 18.2 Å². The highest BCUT2D eigenvalue weighted by Crippen LogP contribution is 2.23. The van der Waals surface area contributed by atoms with Gasteiger partial charge in [0.1, 0.15) is 5.69 Å². The largest absolute Gasteiger partial charge is 0.393 e. The molecule has 1 saturated heterocycles. The third kappa shape index (κ3) is 4.41. The van der Waals surface area contributed by atoms with Crippen LogP contribution in [-0.2, 0) is 11.3 Å². The van der Waals surface area contributed by atoms with Crippen molar-refractivity contribution < 1.29 is 14.5 Å². The van der Waals surface area contributed by atoms with E-state index >= 15 is 0 Å². The molecular formula is C19H20N4O4. The van der Waals surface area contributed by atoms with Gasteiger partial charge in [0.05, 0.1) is 4.92 Å². The zero-order valence-corrected chi connectivity index (χ0v) is 14.7. The number of piperidine rings is 1. The van der Waals surface area contributed by atoms with Crippen molar-refractivity contribution in [1.82, 2.24) is 4.90 Å². The van der Waals surface area contributed by atoms with Crippen LogP contribution in [0.3, 0.4) is 0 Å². The first-order chi connectivity index (χ1) is 12.9. The number of anilines is 2. The fourth-order valence-electron chi connectivity index (χ4n) is 3.04. The van der Waals surface area contributed by atoms with Crippen LogP contribution in [0.1, 0.15) is 35.2 Å². The third-order valence-electron chi connectivity index (χ3n) is 4.47. The van der Waals surface area contributed by atoms with E-state index in [-0.39, 0.29) is 22.8 Å². The summed E-state index contributed by atoms with van der Waals surface area (Å²) in [5.74, 6) is -0.325. The highest BCUT2D eigenvalue weighted by atomic mass is 16.6. The van der Waals surface area contributed by atoms with Crippen LogP contribution in [0.15, 0.2) is 42.5 Å². The Balaban J connectivity index is 1.72. The number of nitrogens with one attached hydrogen (secondary N) is 1. The number of likely N-dealkylation sites (tertiary alicyclic amines) is 1. The van der Waals surface area contributed by atoms with Crippen LogP contribution in [0.4, 0.5) is 17.1 Å². The second-order valence-electron chi connectivity index (χ2n) is 6.46. The summed E-state index contributed by atoms with van der Waals surface area (Å²) >= 11 is 0. The maximum absolute atomic E-state index is 12.4. The minimum absolute atomic E-state index is 0.00439. The molecule has 0 aromatic heterocycles. The molecule has 1 heterocycles. The van der Waals surface area contributed by atoms with E-state index in [2.05, 4.69) is 5.32 Å². The van der Waals surface area contributed by atoms with Gasteiger partial charge in [0.15, 0.2) is 0 Å². The molecule has 3 N–H and O–H groups in total. The van der Waals surface area contributed by atoms with Gasteiger partial charge in [0.2, 0.25) is 5.91 Å². The molecule has 0 aliphatic carbocycles. The molecule has 3 rings (SSSR count). The molecule has 1 aliphatic heterocycles. The number of hydrogen-bond acceptors (Lipinski definition) is 5. The fraction of sp³-hybridized carbons (Fsp3) is 0.263. The molecule has 0 bridgehead atoms. The summed E-state index contributed by atoms with van der Waals surface area (Å²) in [6, 6.07) is 11.1. The predicted octanol–water partition coefficient (Wildman–Crippen LogP) is 2.94. The zero-order chi connectivity index (χ0) is 19.4. The summed E-state index contributed by atoms with van der Waals surface area (Å²) in [6.45, 7) is 1.24. The van der Waals surface area contributed by atoms with E-state index in [0.29, 0.717) is 18.7 Å². The molecule has 0 atom stereocenters. The van der Waals surface area contributed by atoms with E-state index in [4.69, 9.17) is 5.73 Å². The Hall–Kier alpha value is -3.42. The Bertz CT molecular complexity index is 897. The van der Waals surface area contributed by atoms with Crippen LogP contribution in [0, 0.1) is 10.1 Å². The molecule has 2 amide bonds. The maximum Gasteiger partial charge on any atom is 0.292 e. The van der Waals surface area contributed by atoms with Crippen LogP contribution < -0.4 is 11.1 Å². The van der Waals surface area contributed by atoms with Crippen LogP contribution in [0.5, 0.6) is 0 Å². The summed E-state index contributed by atoms with van der Waals surface area (Å²) in [6.07, 6.45) is 2.50. The van der Waals surface area contributed by atoms with Gasteiger partial charge < -0.3 is 16.0 Å². The molecule has 1 aliphatic rings. The maximum atomic E-state index is 12.4. The van der Waals surface area contributed by atoms with Crippen molar-refractivity contribution in [3.8, 4) is 0 Å². The molecule has 2 aromatic carbocycles. The van der Waals surface area contributed by atoms with Crippen molar-refractivity contribution in [2.24, 2.45) is 0 Å². The number of carbonyl (C=O) groups excluding carboxylic acids is 2. The molecule has 27 heavy (non-hydrogen) atoms. The first kappa shape index (κ1) is 18.4. The van der Waals surface area contributed by atoms with Crippen molar-refractivity contribution in [2.45, 2.75) is 25.8 Å². The van der Waals surface area contributed by atoms with Crippen LogP contribution in [0.2, 0.25) is 0 Å². The van der Waals surface area contributed by atoms with Gasteiger partial charge in [-0.15, -0.1) is 0 Å². The van der Waals surface area contributed by atoms with Gasteiger partial charge in [-0.05, 0) is 42.7 Å². The Morgan fingerprint density at radius 3 is 2.78 bits per heavy atom. The average Bonchev–Trinajstić information content (AvgIpc) is 2.64. The smallest absolute Gasteiger partial charge is 0.292 e. The second kappa shape index (κ2) is 7.86. The minimum atomic E-state index is -0.623. The summed E-state index contributed by atoms with van der Waals surface area (Å²) in [5.41, 5.74) is 6.87. The van der Waals surface area contributed by atoms with Crippen molar-refractivity contribution in [2.75, 3.05) is 17.6 Å². The Kier molecular flexibility index (Phi) is 5.35. The lowest BCUT2D eigenvalue weighted by Gasteiger charge is -2.26. The molecule has 8 heteroatoms. The SMILES string of the molecule is Nc1ccc(C(=O)Nc2cccc(CN3CCCCC3=O)c2)cc1[N+](=O)[O-]. The topological polar surface area (TPSA) is 119 Å². The Morgan fingerprint density at radius 2 is 2.04 bits per heavy atom. The summed E-state index contributed by atoms with van der Waals surface area (Å²) < 4.78 is 0. The number of nitro benzene ring substituents is 1. The lowest BCUT2D eigenvalue weighted by atomic mass is 10.1. The number of nitrogen functional groups attached to an aromatic ring is 1. The molecule has 2 aromatic rings. The van der Waals surface area contributed by atoms with E-state index in [1.165, 1.54) is 12.1 Å². The summed E-state index contributed by atoms with van der Waals surface area (Å²) in [5, 5.41) is 13.7. The molecule has 1 fully saturated rings. The van der Waals surface area contributed by atoms with Crippen LogP contribution in [-0.4, -0.2) is 28.2 Å². The lowest BCUT2D eigenvalue weighted by molar-refractivity contribution is -0.383. The molecule has 0 saturated carbocycles. The van der Waals surface area contributed by atoms with E-state index in [9.17, 15) is 19.7 Å². The molecule has 0 radical (unpaired) electrons. The average molecular weight is 368 g/mol. The Morgan fingerprint density at radius 1 is 1.22 bits per heavy atom. The van der Waals surface area contributed by atoms with Crippen molar-refractivity contribution in [3.63, 3.8) is 0 Å². The highest BCUT2D eigenvalue weighted by Gasteiger charge is 2.19. The number of hydrogen-bond donors (Lipinski definition) is 2. The van der Waals surface area contributed by atoms with Gasteiger partial charge in [-0.1, -0.05) is 12.1 Å². The number of nitrogens with zero attached hydrogens (tertiary/aromatic N) is 2. The van der Waals surface area contributed by atoms with Gasteiger partial charge in [-0.2, -0.15) is 0 Å². The Labute approximate surface area is 156 Å². The minimum Gasteiger partial charge on any atom is -0.393 e. The normalized spacial score (nSPS) is 14.1. The van der Waals surface area contributed by atoms with Crippen molar-refractivity contribution in [3.05, 3.63) is 63.7 Å². The molecule has 0 unspecified atom stereocenters. The van der Waals surface area contributed by atoms with Crippen LogP contribution >= 0.6 is 0 Å². The van der Waals surface area contributed by atoms with Gasteiger partial charge in [-0.25, -0.2) is 0 Å². The quantitative estimate of drug-likeness (QED) is 0.478. The number of carbonyl (C=O) groups is 2. The molecular weight excluding hydrogens is 348 g/mol. The standard InChI is InChI=1S/C19H20N4O4/c20-16-8-7-14(11-17(16)23(26)27)19(25)21-15-5-3-4-13(10-15)12-22-9-2-1-6-18(22)24/h3-5,7-8,10-11H,1-2,6,9,12,20H2,(H,21,25). The van der Waals surface area contributed by atoms with Crippen molar-refractivity contribution >= 4 is 28.9 Å². The predicted molar refractivity (Wildman–Crippen MR) is 101 cm³/mol. The first-order valence-electron chi connectivity index (χ1n) is 8.66. The number of benzene rings is 2. The number of rotatable bonds is 5. The van der Waals surface area contributed by atoms with E-state index in [0.717, 1.165) is 31.0 Å². The van der Waals surface area contributed by atoms with E-state index in [1.807, 2.05) is 11.0 Å². The molecule has 140 valence electrons. The molecule has 8 nitrogen and oxygen atoms in total. The third-order valence-corrected chi connectivity index (χ3v) is 4.47. The summed E-state index contributed by atoms with van der Waals surface area (Å²) in [7, 11) is 0. The second-order valence-corrected chi connectivity index (χ2v) is 6.46. The van der Waals surface area contributed by atoms with Crippen LogP contribution in [0.25, 0.3) is 0 Å². The summed E-state index contributed by atoms with van der Waals surface area (Å²) in [4.78, 5) is 36.5. The molecule has 0 spiro atoms. The van der Waals surface area contributed by atoms with Gasteiger partial charge in [0, 0.05) is 36.8 Å². The van der Waals surface area contributed by atoms with Crippen molar-refractivity contribution in [1.29, 1.82) is 0 Å². The number of amides is 2. The zero-order valence-electron chi connectivity index (χ0n) is 14.7. The highest BCUT2D eigenvalue weighted by molar-refractivity contribution is 6.05. The number of nitrogens with two attached hydrogens (primary N) is 1.